The zero-order valence-electron chi connectivity index (χ0n) is 55.4. The van der Waals surface area contributed by atoms with Crippen molar-refractivity contribution < 1.29 is 92.7 Å². The molecule has 34 heteroatoms. The summed E-state index contributed by atoms with van der Waals surface area (Å²) in [6.07, 6.45) is -4.37. The summed E-state index contributed by atoms with van der Waals surface area (Å²) in [4.78, 5) is 190. The Hall–Kier alpha value is -7.27. The number of hydrogen-bond donors (Lipinski definition) is 19. The molecule has 0 aromatic heterocycles. The number of likely N-dealkylation sites (tertiary alicyclic amines) is 1. The Morgan fingerprint density at radius 3 is 1.34 bits per heavy atom. The second-order valence-corrected chi connectivity index (χ2v) is 25.1. The largest absolute Gasteiger partial charge is 0.481 e. The molecule has 0 aromatic rings. The van der Waals surface area contributed by atoms with Crippen LogP contribution in [0.4, 0.5) is 0 Å². The lowest BCUT2D eigenvalue weighted by Gasteiger charge is -2.34. The van der Waals surface area contributed by atoms with Crippen molar-refractivity contribution in [2.45, 2.75) is 238 Å². The Bertz CT molecular complexity index is 2560. The van der Waals surface area contributed by atoms with Crippen LogP contribution in [0.25, 0.3) is 0 Å². The average molecular weight is 1350 g/mol. The first kappa shape index (κ1) is 83.7. The summed E-state index contributed by atoms with van der Waals surface area (Å²) in [5, 5.41) is 77.7. The molecule has 0 bridgehead atoms. The molecule has 33 nitrogen and oxygen atoms in total. The van der Waals surface area contributed by atoms with Crippen molar-refractivity contribution in [1.82, 2.24) is 63.4 Å². The van der Waals surface area contributed by atoms with Crippen molar-refractivity contribution in [3.8, 4) is 0 Å². The van der Waals surface area contributed by atoms with Gasteiger partial charge in [-0.15, -0.1) is 0 Å². The summed E-state index contributed by atoms with van der Waals surface area (Å²) in [7, 11) is 0. The number of aliphatic hydroxyl groups is 3. The van der Waals surface area contributed by atoms with E-state index in [1.807, 2.05) is 0 Å². The summed E-state index contributed by atoms with van der Waals surface area (Å²) in [5.74, 6) is -15.9. The zero-order valence-corrected chi connectivity index (χ0v) is 56.3. The SMILES string of the molecule is CC[C@H](C)[C@H](NC(=O)[C@@H](NC(=O)[C@H](CCC(=O)O)NC(=O)[C@@H](NC(=O)[C@H](CC(C)C)NC(=O)[C@H](C)NC(=O)[C@H](CCCCN)NC(=O)[C@@H](NC(=O)CN)[C@@H](C)O)[C@@H](C)O)C(C)C)C(=O)N1CCC[C@H]1C(=O)N[C@@H](CC(C)C)C(=O)N[C@H](C(=O)N[C@@H](CS)C(=O)O)[C@@H](C)O. The number of carboxylic acids is 2. The minimum atomic E-state index is -1.86. The standard InChI is InChI=1S/C59H104N14O19S/c1-13-30(8)44(58(90)73-22-16-18-40(73)53(85)66-38(24-28(4)5)52(84)72-47(34(12)76)57(89)67-39(26-93)59(91)92)70-54(86)43(29(6)7)69-50(82)36(19-20-42(78)79)64-56(88)46(33(11)75)71-51(83)37(23-27(2)3)65-48(80)31(9)62-49(81)35(17-14-15-21-60)63-55(87)45(32(10)74)68-41(77)25-61/h27-40,43-47,74-76,93H,13-26,60-61H2,1-12H3,(H,62,81)(H,63,87)(H,64,88)(H,65,80)(H,66,85)(H,67,89)(H,68,77)(H,69,82)(H,70,86)(H,71,83)(H,72,84)(H,78,79)(H,91,92)/t30-,31-,32+,33+,34+,35-,36-,37-,38-,39-,40-,43-,44-,45-,46-,47-/m0/s1. The van der Waals surface area contributed by atoms with E-state index in [9.17, 15) is 92.7 Å². The van der Waals surface area contributed by atoms with Gasteiger partial charge in [-0.3, -0.25) is 62.3 Å². The van der Waals surface area contributed by atoms with E-state index in [-0.39, 0.29) is 56.4 Å². The molecular formula is C59H104N14O19S. The normalized spacial score (nSPS) is 17.9. The topological polar surface area (TPSA) is 528 Å². The van der Waals surface area contributed by atoms with Crippen LogP contribution in [0.3, 0.4) is 0 Å². The van der Waals surface area contributed by atoms with Crippen molar-refractivity contribution in [2.75, 3.05) is 25.4 Å². The van der Waals surface area contributed by atoms with Crippen LogP contribution in [-0.2, 0) is 67.1 Å². The molecular weight excluding hydrogens is 1240 g/mol. The van der Waals surface area contributed by atoms with Crippen molar-refractivity contribution in [2.24, 2.45) is 35.1 Å². The monoisotopic (exact) mass is 1340 g/mol. The van der Waals surface area contributed by atoms with Gasteiger partial charge in [0.15, 0.2) is 0 Å². The first-order valence-electron chi connectivity index (χ1n) is 31.5. The quantitative estimate of drug-likeness (QED) is 0.0202. The molecule has 16 atom stereocenters. The van der Waals surface area contributed by atoms with Crippen molar-refractivity contribution in [3.63, 3.8) is 0 Å². The van der Waals surface area contributed by atoms with E-state index in [0.717, 1.165) is 6.92 Å². The minimum absolute atomic E-state index is 0.0220. The lowest BCUT2D eigenvalue weighted by atomic mass is 9.95. The Morgan fingerprint density at radius 2 is 0.914 bits per heavy atom. The van der Waals surface area contributed by atoms with Crippen LogP contribution in [-0.4, -0.2) is 229 Å². The summed E-state index contributed by atoms with van der Waals surface area (Å²) in [6.45, 7) is 18.1. The smallest absolute Gasteiger partial charge is 0.327 e. The summed E-state index contributed by atoms with van der Waals surface area (Å²) >= 11 is 3.93. The molecule has 530 valence electrons. The maximum absolute atomic E-state index is 14.6. The highest BCUT2D eigenvalue weighted by atomic mass is 32.1. The molecule has 1 rings (SSSR count). The molecule has 0 radical (unpaired) electrons. The molecule has 0 aromatic carbocycles. The highest BCUT2D eigenvalue weighted by Gasteiger charge is 2.43. The van der Waals surface area contributed by atoms with Crippen molar-refractivity contribution in [1.29, 1.82) is 0 Å². The van der Waals surface area contributed by atoms with Crippen LogP contribution in [0, 0.1) is 23.7 Å². The lowest BCUT2D eigenvalue weighted by molar-refractivity contribution is -0.144. The predicted molar refractivity (Wildman–Crippen MR) is 340 cm³/mol. The number of thiol groups is 1. The average Bonchev–Trinajstić information content (AvgIpc) is 1.82. The van der Waals surface area contributed by atoms with Crippen molar-refractivity contribution >= 4 is 95.5 Å². The van der Waals surface area contributed by atoms with Crippen LogP contribution < -0.4 is 70.0 Å². The molecule has 1 aliphatic rings. The van der Waals surface area contributed by atoms with E-state index >= 15 is 0 Å². The van der Waals surface area contributed by atoms with Gasteiger partial charge in [0.2, 0.25) is 70.9 Å². The Labute approximate surface area is 548 Å². The number of carbonyl (C=O) groups excluding carboxylic acids is 12. The number of amides is 12. The second kappa shape index (κ2) is 41.4. The van der Waals surface area contributed by atoms with Gasteiger partial charge in [-0.1, -0.05) is 61.8 Å². The maximum Gasteiger partial charge on any atom is 0.327 e. The summed E-state index contributed by atoms with van der Waals surface area (Å²) < 4.78 is 0. The molecule has 93 heavy (non-hydrogen) atoms. The van der Waals surface area contributed by atoms with E-state index in [1.165, 1.54) is 25.7 Å². The zero-order chi connectivity index (χ0) is 71.3. The van der Waals surface area contributed by atoms with Gasteiger partial charge in [0, 0.05) is 18.7 Å². The highest BCUT2D eigenvalue weighted by molar-refractivity contribution is 7.80. The Balaban J connectivity index is 3.46. The predicted octanol–water partition coefficient (Wildman–Crippen LogP) is -4.77. The lowest BCUT2D eigenvalue weighted by Crippen LogP contribution is -2.63. The van der Waals surface area contributed by atoms with Crippen molar-refractivity contribution in [3.05, 3.63) is 0 Å². The molecule has 0 aliphatic carbocycles. The van der Waals surface area contributed by atoms with Crippen LogP contribution >= 0.6 is 12.6 Å². The number of unbranched alkanes of at least 4 members (excludes halogenated alkanes) is 1. The minimum Gasteiger partial charge on any atom is -0.481 e. The number of hydrogen-bond acceptors (Lipinski definition) is 20. The van der Waals surface area contributed by atoms with Gasteiger partial charge in [-0.2, -0.15) is 12.6 Å². The molecule has 12 amide bonds. The van der Waals surface area contributed by atoms with Gasteiger partial charge >= 0.3 is 11.9 Å². The van der Waals surface area contributed by atoms with Crippen LogP contribution in [0.15, 0.2) is 0 Å². The van der Waals surface area contributed by atoms with Gasteiger partial charge in [-0.25, -0.2) is 4.79 Å². The highest BCUT2D eigenvalue weighted by Crippen LogP contribution is 2.23. The first-order chi connectivity index (χ1) is 43.4. The number of aliphatic hydroxyl groups excluding tert-OH is 3. The summed E-state index contributed by atoms with van der Waals surface area (Å²) in [5.41, 5.74) is 11.0. The van der Waals surface area contributed by atoms with E-state index < -0.39 is 205 Å². The maximum atomic E-state index is 14.6. The molecule has 0 unspecified atom stereocenters. The number of nitrogens with two attached hydrogens (primary N) is 2. The Kier molecular flexibility index (Phi) is 37.3. The van der Waals surface area contributed by atoms with E-state index in [4.69, 9.17) is 11.5 Å². The molecule has 1 fully saturated rings. The van der Waals surface area contributed by atoms with Gasteiger partial charge in [-0.05, 0) is 109 Å². The fourth-order valence-corrected chi connectivity index (χ4v) is 10.0. The van der Waals surface area contributed by atoms with E-state index in [1.54, 1.807) is 55.4 Å². The summed E-state index contributed by atoms with van der Waals surface area (Å²) in [6, 6.07) is -17.6. The third-order valence-electron chi connectivity index (χ3n) is 15.3. The van der Waals surface area contributed by atoms with Gasteiger partial charge < -0.3 is 100 Å². The van der Waals surface area contributed by atoms with Crippen LogP contribution in [0.5, 0.6) is 0 Å². The fourth-order valence-electron chi connectivity index (χ4n) is 9.77. The fraction of sp³-hybridized carbons (Fsp3) is 0.763. The molecule has 1 heterocycles. The third kappa shape index (κ3) is 28.5. The van der Waals surface area contributed by atoms with Gasteiger partial charge in [0.05, 0.1) is 24.9 Å². The molecule has 0 spiro atoms. The Morgan fingerprint density at radius 1 is 0.495 bits per heavy atom. The molecule has 0 saturated carbocycles. The van der Waals surface area contributed by atoms with Crippen LogP contribution in [0.2, 0.25) is 0 Å². The number of rotatable bonds is 42. The van der Waals surface area contributed by atoms with Gasteiger partial charge in [0.25, 0.3) is 0 Å². The molecule has 1 aliphatic heterocycles. The van der Waals surface area contributed by atoms with Crippen LogP contribution in [0.1, 0.15) is 147 Å². The molecule has 1 saturated heterocycles. The number of aliphatic carboxylic acids is 2. The van der Waals surface area contributed by atoms with E-state index in [0.29, 0.717) is 25.7 Å². The number of carbonyl (C=O) groups is 14. The third-order valence-corrected chi connectivity index (χ3v) is 15.7. The van der Waals surface area contributed by atoms with Gasteiger partial charge in [0.1, 0.15) is 72.5 Å². The number of carboxylic acid groups (broad SMARTS) is 2. The molecule has 20 N–H and O–H groups in total. The first-order valence-corrected chi connectivity index (χ1v) is 32.1. The number of nitrogens with one attached hydrogen (secondary N) is 11. The van der Waals surface area contributed by atoms with E-state index in [2.05, 4.69) is 71.1 Å². The number of nitrogens with zero attached hydrogens (tertiary/aromatic N) is 1. The second-order valence-electron chi connectivity index (χ2n) is 24.8.